The molecule has 3 heteroatoms. The maximum atomic E-state index is 5.49. The van der Waals surface area contributed by atoms with Gasteiger partial charge in [-0.2, -0.15) is 0 Å². The molecule has 1 unspecified atom stereocenters. The number of fused-ring (bicyclic) bond motifs is 1. The number of hydrogen-bond donors (Lipinski definition) is 1. The maximum absolute atomic E-state index is 5.49. The molecule has 1 aliphatic heterocycles. The fraction of sp³-hybridized carbons (Fsp3) is 0.259. The minimum atomic E-state index is 0.104. The van der Waals surface area contributed by atoms with Crippen molar-refractivity contribution in [3.05, 3.63) is 102 Å². The molecule has 30 heavy (non-hydrogen) atoms. The molecule has 3 aromatic carbocycles. The van der Waals surface area contributed by atoms with E-state index in [1.54, 1.807) is 7.11 Å². The van der Waals surface area contributed by atoms with Gasteiger partial charge in [0.2, 0.25) is 0 Å². The Balaban J connectivity index is 1.48. The van der Waals surface area contributed by atoms with E-state index in [2.05, 4.69) is 82.7 Å². The highest BCUT2D eigenvalue weighted by Crippen LogP contribution is 2.40. The first-order valence-electron chi connectivity index (χ1n) is 10.7. The number of methoxy groups -OCH3 is 1. The molecule has 1 atom stereocenters. The van der Waals surface area contributed by atoms with Crippen LogP contribution < -0.4 is 4.74 Å². The van der Waals surface area contributed by atoms with Gasteiger partial charge in [-0.05, 0) is 71.8 Å². The normalized spacial score (nSPS) is 19.4. The molecule has 0 aliphatic carbocycles. The average molecular weight is 397 g/mol. The van der Waals surface area contributed by atoms with Crippen LogP contribution in [0.3, 0.4) is 0 Å². The molecule has 2 heterocycles. The van der Waals surface area contributed by atoms with Crippen molar-refractivity contribution in [3.63, 3.8) is 0 Å². The molecule has 0 bridgehead atoms. The lowest BCUT2D eigenvalue weighted by molar-refractivity contribution is 0.301. The lowest BCUT2D eigenvalue weighted by atomic mass is 9.74. The van der Waals surface area contributed by atoms with Crippen LogP contribution >= 0.6 is 0 Å². The molecule has 0 radical (unpaired) electrons. The predicted octanol–water partition coefficient (Wildman–Crippen LogP) is 5.56. The quantitative estimate of drug-likeness (QED) is 0.462. The van der Waals surface area contributed by atoms with E-state index in [9.17, 15) is 0 Å². The van der Waals surface area contributed by atoms with Crippen molar-refractivity contribution in [1.82, 2.24) is 9.88 Å². The van der Waals surface area contributed by atoms with Crippen LogP contribution in [-0.4, -0.2) is 30.1 Å². The second-order valence-corrected chi connectivity index (χ2v) is 8.53. The largest absolute Gasteiger partial charge is 0.497 e. The predicted molar refractivity (Wildman–Crippen MR) is 123 cm³/mol. The fourth-order valence-corrected chi connectivity index (χ4v) is 4.97. The Morgan fingerprint density at radius 2 is 1.80 bits per heavy atom. The summed E-state index contributed by atoms with van der Waals surface area (Å²) in [4.78, 5) is 5.94. The summed E-state index contributed by atoms with van der Waals surface area (Å²) in [7, 11) is 1.74. The molecule has 0 spiro atoms. The van der Waals surface area contributed by atoms with Crippen molar-refractivity contribution in [3.8, 4) is 5.75 Å². The number of likely N-dealkylation sites (tertiary alicyclic amines) is 1. The number of hydrogen-bond acceptors (Lipinski definition) is 2. The molecule has 1 N–H and O–H groups in total. The van der Waals surface area contributed by atoms with Crippen LogP contribution in [-0.2, 0) is 18.4 Å². The van der Waals surface area contributed by atoms with E-state index in [1.807, 2.05) is 12.3 Å². The third-order valence-electron chi connectivity index (χ3n) is 6.52. The van der Waals surface area contributed by atoms with E-state index in [0.29, 0.717) is 0 Å². The number of nitrogens with zero attached hydrogens (tertiary/aromatic N) is 1. The number of rotatable bonds is 6. The van der Waals surface area contributed by atoms with Gasteiger partial charge in [0.1, 0.15) is 5.75 Å². The summed E-state index contributed by atoms with van der Waals surface area (Å²) in [6.07, 6.45) is 4.21. The average Bonchev–Trinajstić information content (AvgIpc) is 3.42. The molecule has 3 nitrogen and oxygen atoms in total. The smallest absolute Gasteiger partial charge is 0.119 e. The van der Waals surface area contributed by atoms with E-state index < -0.39 is 0 Å². The van der Waals surface area contributed by atoms with Gasteiger partial charge in [0.05, 0.1) is 7.11 Å². The second kappa shape index (κ2) is 8.00. The summed E-state index contributed by atoms with van der Waals surface area (Å²) in [5.74, 6) is 0.933. The summed E-state index contributed by atoms with van der Waals surface area (Å²) in [5.41, 5.74) is 5.47. The number of benzene rings is 3. The van der Waals surface area contributed by atoms with Crippen molar-refractivity contribution in [2.75, 3.05) is 20.2 Å². The Hall–Kier alpha value is -3.04. The second-order valence-electron chi connectivity index (χ2n) is 8.53. The SMILES string of the molecule is COc1cccc(CC2(c3ccc4[nH]ccc4c3)CCN(Cc3ccccc3)C2)c1. The van der Waals surface area contributed by atoms with Gasteiger partial charge in [-0.15, -0.1) is 0 Å². The lowest BCUT2D eigenvalue weighted by Crippen LogP contribution is -2.33. The molecule has 1 saturated heterocycles. The van der Waals surface area contributed by atoms with Crippen molar-refractivity contribution in [2.45, 2.75) is 24.8 Å². The van der Waals surface area contributed by atoms with Crippen LogP contribution in [0.2, 0.25) is 0 Å². The zero-order valence-corrected chi connectivity index (χ0v) is 17.5. The van der Waals surface area contributed by atoms with Crippen molar-refractivity contribution < 1.29 is 4.74 Å². The van der Waals surface area contributed by atoms with Crippen molar-refractivity contribution >= 4 is 10.9 Å². The van der Waals surface area contributed by atoms with Crippen molar-refractivity contribution in [1.29, 1.82) is 0 Å². The molecule has 1 fully saturated rings. The van der Waals surface area contributed by atoms with Gasteiger partial charge in [-0.1, -0.05) is 48.5 Å². The summed E-state index contributed by atoms with van der Waals surface area (Å²) in [6, 6.07) is 28.5. The third-order valence-corrected chi connectivity index (χ3v) is 6.52. The molecule has 1 aliphatic rings. The molecule has 1 aromatic heterocycles. The van der Waals surface area contributed by atoms with E-state index in [-0.39, 0.29) is 5.41 Å². The van der Waals surface area contributed by atoms with E-state index in [0.717, 1.165) is 38.2 Å². The van der Waals surface area contributed by atoms with Crippen LogP contribution in [0.5, 0.6) is 5.75 Å². The van der Waals surface area contributed by atoms with Crippen LogP contribution in [0.15, 0.2) is 85.1 Å². The Morgan fingerprint density at radius 1 is 0.933 bits per heavy atom. The summed E-state index contributed by atoms with van der Waals surface area (Å²) < 4.78 is 5.49. The van der Waals surface area contributed by atoms with Crippen LogP contribution in [0.1, 0.15) is 23.1 Å². The molecule has 5 rings (SSSR count). The first kappa shape index (κ1) is 19.0. The topological polar surface area (TPSA) is 28.3 Å². The molecule has 0 saturated carbocycles. The Kier molecular flexibility index (Phi) is 5.06. The van der Waals surface area contributed by atoms with E-state index in [1.165, 1.54) is 27.6 Å². The van der Waals surface area contributed by atoms with E-state index in [4.69, 9.17) is 4.74 Å². The van der Waals surface area contributed by atoms with E-state index >= 15 is 0 Å². The molecule has 152 valence electrons. The van der Waals surface area contributed by atoms with Gasteiger partial charge in [0.15, 0.2) is 0 Å². The first-order chi connectivity index (χ1) is 14.7. The highest BCUT2D eigenvalue weighted by Gasteiger charge is 2.39. The Labute approximate surface area is 178 Å². The number of nitrogens with one attached hydrogen (secondary N) is 1. The Morgan fingerprint density at radius 3 is 2.67 bits per heavy atom. The minimum absolute atomic E-state index is 0.104. The summed E-state index contributed by atoms with van der Waals surface area (Å²) in [6.45, 7) is 3.19. The minimum Gasteiger partial charge on any atom is -0.497 e. The van der Waals surface area contributed by atoms with Gasteiger partial charge >= 0.3 is 0 Å². The number of aromatic amines is 1. The van der Waals surface area contributed by atoms with Crippen LogP contribution in [0.4, 0.5) is 0 Å². The Bertz CT molecular complexity index is 1130. The van der Waals surface area contributed by atoms with Crippen molar-refractivity contribution in [2.24, 2.45) is 0 Å². The third kappa shape index (κ3) is 3.73. The highest BCUT2D eigenvalue weighted by molar-refractivity contribution is 5.80. The number of ether oxygens (including phenoxy) is 1. The van der Waals surface area contributed by atoms with Gasteiger partial charge in [-0.25, -0.2) is 0 Å². The first-order valence-corrected chi connectivity index (χ1v) is 10.7. The standard InChI is InChI=1S/C27H28N2O/c1-30-25-9-5-8-22(16-25)18-27(24-10-11-26-23(17-24)12-14-28-26)13-15-29(20-27)19-21-6-3-2-4-7-21/h2-12,14,16-17,28H,13,15,18-20H2,1H3. The lowest BCUT2D eigenvalue weighted by Gasteiger charge is -2.31. The summed E-state index contributed by atoms with van der Waals surface area (Å²) >= 11 is 0. The van der Waals surface area contributed by atoms with Gasteiger partial charge < -0.3 is 9.72 Å². The number of H-pyrrole nitrogens is 1. The van der Waals surface area contributed by atoms with Crippen LogP contribution in [0.25, 0.3) is 10.9 Å². The molecular formula is C27H28N2O. The zero-order valence-electron chi connectivity index (χ0n) is 17.5. The fourth-order valence-electron chi connectivity index (χ4n) is 4.97. The highest BCUT2D eigenvalue weighted by atomic mass is 16.5. The van der Waals surface area contributed by atoms with Gasteiger partial charge in [0, 0.05) is 30.2 Å². The zero-order chi connectivity index (χ0) is 20.4. The van der Waals surface area contributed by atoms with Crippen LogP contribution in [0, 0.1) is 0 Å². The molecule has 0 amide bonds. The van der Waals surface area contributed by atoms with Gasteiger partial charge in [-0.3, -0.25) is 4.90 Å². The maximum Gasteiger partial charge on any atom is 0.119 e. The molecular weight excluding hydrogens is 368 g/mol. The number of aromatic nitrogens is 1. The van der Waals surface area contributed by atoms with Gasteiger partial charge in [0.25, 0.3) is 0 Å². The summed E-state index contributed by atoms with van der Waals surface area (Å²) in [5, 5.41) is 1.29. The monoisotopic (exact) mass is 396 g/mol. The molecule has 4 aromatic rings.